The Kier molecular flexibility index (Phi) is 9.99. The first-order valence-corrected chi connectivity index (χ1v) is 13.6. The van der Waals surface area contributed by atoms with E-state index in [4.69, 9.17) is 18.6 Å². The van der Waals surface area contributed by atoms with Crippen molar-refractivity contribution in [3.05, 3.63) is 57.1 Å². The van der Waals surface area contributed by atoms with Crippen molar-refractivity contribution in [1.82, 2.24) is 10.2 Å². The van der Waals surface area contributed by atoms with Crippen molar-refractivity contribution < 1.29 is 43.2 Å². The number of nitrogens with zero attached hydrogens (tertiary/aromatic N) is 1. The Morgan fingerprint density at radius 1 is 1.33 bits per heavy atom. The number of rotatable bonds is 11. The van der Waals surface area contributed by atoms with E-state index < -0.39 is 24.2 Å². The molecule has 210 valence electrons. The molecule has 1 aliphatic heterocycles. The van der Waals surface area contributed by atoms with Crippen LogP contribution in [0.2, 0.25) is 0 Å². The molecule has 1 aromatic heterocycles. The van der Waals surface area contributed by atoms with Crippen molar-refractivity contribution in [3.8, 4) is 11.5 Å². The highest BCUT2D eigenvalue weighted by atomic mass is 127. The largest absolute Gasteiger partial charge is 0.493 e. The quantitative estimate of drug-likeness (QED) is 0.243. The molecule has 3 N–H and O–H groups in total. The van der Waals surface area contributed by atoms with Crippen LogP contribution in [-0.4, -0.2) is 84.9 Å². The molecule has 4 atom stereocenters. The number of carbonyl (C=O) groups excluding carboxylic acids is 3. The van der Waals surface area contributed by atoms with Crippen molar-refractivity contribution in [2.45, 2.75) is 37.6 Å². The zero-order valence-electron chi connectivity index (χ0n) is 21.4. The number of nitrogens with one attached hydrogen (secondary N) is 1. The summed E-state index contributed by atoms with van der Waals surface area (Å²) in [5.41, 5.74) is 1.42. The fourth-order valence-corrected chi connectivity index (χ4v) is 5.49. The maximum atomic E-state index is 13.7. The Morgan fingerprint density at radius 2 is 2.15 bits per heavy atom. The highest BCUT2D eigenvalue weighted by Crippen LogP contribution is 2.37. The van der Waals surface area contributed by atoms with Gasteiger partial charge in [-0.05, 0) is 53.3 Å². The van der Waals surface area contributed by atoms with E-state index in [1.807, 2.05) is 22.6 Å². The summed E-state index contributed by atoms with van der Waals surface area (Å²) in [6.45, 7) is 0.710. The Hall–Kier alpha value is -2.94. The monoisotopic (exact) mass is 654 g/mol. The summed E-state index contributed by atoms with van der Waals surface area (Å²) in [6.07, 6.45) is 3.61. The van der Waals surface area contributed by atoms with E-state index in [1.54, 1.807) is 17.0 Å². The first-order valence-electron chi connectivity index (χ1n) is 12.5. The number of amides is 2. The van der Waals surface area contributed by atoms with Gasteiger partial charge in [-0.3, -0.25) is 14.4 Å². The van der Waals surface area contributed by atoms with Crippen LogP contribution in [0.15, 0.2) is 46.8 Å². The lowest BCUT2D eigenvalue weighted by atomic mass is 9.87. The molecule has 12 heteroatoms. The molecule has 2 heterocycles. The van der Waals surface area contributed by atoms with Crippen molar-refractivity contribution in [2.24, 2.45) is 5.92 Å². The molecule has 1 saturated heterocycles. The van der Waals surface area contributed by atoms with Gasteiger partial charge >= 0.3 is 0 Å². The third-order valence-corrected chi connectivity index (χ3v) is 7.55. The number of furan rings is 1. The lowest BCUT2D eigenvalue weighted by molar-refractivity contribution is -0.143. The van der Waals surface area contributed by atoms with Crippen LogP contribution in [0.1, 0.15) is 28.8 Å². The average molecular weight is 654 g/mol. The number of benzene rings is 1. The molecular weight excluding hydrogens is 623 g/mol. The lowest BCUT2D eigenvalue weighted by Gasteiger charge is -2.41. The number of aliphatic hydroxyl groups excluding tert-OH is 2. The van der Waals surface area contributed by atoms with Crippen LogP contribution in [0.3, 0.4) is 0 Å². The highest BCUT2D eigenvalue weighted by Gasteiger charge is 2.43. The van der Waals surface area contributed by atoms with Crippen molar-refractivity contribution in [1.29, 1.82) is 0 Å². The Morgan fingerprint density at radius 3 is 2.79 bits per heavy atom. The second-order valence-corrected chi connectivity index (χ2v) is 10.5. The molecule has 1 unspecified atom stereocenters. The van der Waals surface area contributed by atoms with Gasteiger partial charge in [-0.15, -0.1) is 0 Å². The van der Waals surface area contributed by atoms with Gasteiger partial charge in [0.25, 0.3) is 0 Å². The summed E-state index contributed by atoms with van der Waals surface area (Å²) >= 11 is 2.01. The first-order chi connectivity index (χ1) is 18.9. The van der Waals surface area contributed by atoms with E-state index in [2.05, 4.69) is 5.32 Å². The third kappa shape index (κ3) is 6.80. The zero-order valence-corrected chi connectivity index (χ0v) is 23.5. The molecule has 2 aliphatic rings. The highest BCUT2D eigenvalue weighted by molar-refractivity contribution is 14.1. The van der Waals surface area contributed by atoms with E-state index in [9.17, 15) is 24.6 Å². The predicted octanol–water partition coefficient (Wildman–Crippen LogP) is 1.69. The summed E-state index contributed by atoms with van der Waals surface area (Å²) in [4.78, 5) is 39.6. The Labute approximate surface area is 239 Å². The number of hydrogen-bond acceptors (Lipinski definition) is 9. The second kappa shape index (κ2) is 13.4. The van der Waals surface area contributed by atoms with Crippen LogP contribution >= 0.6 is 22.6 Å². The zero-order chi connectivity index (χ0) is 27.9. The number of hydrogen-bond donors (Lipinski definition) is 3. The maximum Gasteiger partial charge on any atom is 0.247 e. The lowest BCUT2D eigenvalue weighted by Crippen LogP contribution is -2.56. The topological polar surface area (TPSA) is 148 Å². The van der Waals surface area contributed by atoms with Crippen LogP contribution in [0.4, 0.5) is 0 Å². The molecule has 1 fully saturated rings. The van der Waals surface area contributed by atoms with Crippen molar-refractivity contribution in [3.63, 3.8) is 0 Å². The summed E-state index contributed by atoms with van der Waals surface area (Å²) in [6, 6.07) is 4.05. The van der Waals surface area contributed by atoms with Gasteiger partial charge in [-0.25, -0.2) is 0 Å². The van der Waals surface area contributed by atoms with E-state index in [0.717, 1.165) is 5.56 Å². The van der Waals surface area contributed by atoms with Gasteiger partial charge < -0.3 is 39.1 Å². The molecule has 39 heavy (non-hydrogen) atoms. The standard InChI is InChI=1S/C27H31IN2O9/c1-36-23-9-17(13-32)8-20(28)25(23)39-22-11-19(26(34)29-4-5-31)10-21(24(22)33)30(12-16-2-6-37-14-16)27(35)18-3-7-38-15-18/h2,6,8-9,11,13-14,18,21-22,24,31,33H,3-5,7,10,12,15H2,1H3,(H,29,34)/t18?,21-,22+,24+/m1/s1. The van der Waals surface area contributed by atoms with Crippen molar-refractivity contribution >= 4 is 40.7 Å². The van der Waals surface area contributed by atoms with Crippen LogP contribution in [0, 0.1) is 9.49 Å². The number of aliphatic hydroxyl groups is 2. The first kappa shape index (κ1) is 29.1. The molecule has 2 amide bonds. The SMILES string of the molecule is COc1cc(C=O)cc(I)c1O[C@H]1C=C(C(=O)NCCO)C[C@@H](N(Cc2ccoc2)C(=O)C2CCOC2)[C@@H]1O. The van der Waals surface area contributed by atoms with Gasteiger partial charge in [-0.2, -0.15) is 0 Å². The fourth-order valence-electron chi connectivity index (χ4n) is 4.74. The van der Waals surface area contributed by atoms with E-state index in [1.165, 1.54) is 31.8 Å². The number of aldehydes is 1. The fraction of sp³-hybridized carbons (Fsp3) is 0.444. The van der Waals surface area contributed by atoms with Gasteiger partial charge in [0.2, 0.25) is 11.8 Å². The average Bonchev–Trinajstić information content (AvgIpc) is 3.67. The normalized spacial score (nSPS) is 22.6. The van der Waals surface area contributed by atoms with Gasteiger partial charge in [0.1, 0.15) is 18.5 Å². The molecule has 0 saturated carbocycles. The molecule has 1 aromatic carbocycles. The minimum Gasteiger partial charge on any atom is -0.493 e. The van der Waals surface area contributed by atoms with Crippen molar-refractivity contribution in [2.75, 3.05) is 33.5 Å². The van der Waals surface area contributed by atoms with Gasteiger partial charge in [-0.1, -0.05) is 0 Å². The molecule has 0 bridgehead atoms. The molecule has 2 aromatic rings. The summed E-state index contributed by atoms with van der Waals surface area (Å²) in [5.74, 6) is -0.439. The molecule has 1 aliphatic carbocycles. The minimum atomic E-state index is -1.22. The van der Waals surface area contributed by atoms with Gasteiger partial charge in [0.15, 0.2) is 11.5 Å². The Bertz CT molecular complexity index is 1190. The number of methoxy groups -OCH3 is 1. The van der Waals surface area contributed by atoms with Crippen LogP contribution in [0.5, 0.6) is 11.5 Å². The molecule has 11 nitrogen and oxygen atoms in total. The second-order valence-electron chi connectivity index (χ2n) is 9.33. The summed E-state index contributed by atoms with van der Waals surface area (Å²) < 4.78 is 22.9. The van der Waals surface area contributed by atoms with E-state index in [0.29, 0.717) is 34.0 Å². The molecule has 4 rings (SSSR count). The van der Waals surface area contributed by atoms with Gasteiger partial charge in [0, 0.05) is 42.8 Å². The molecule has 0 radical (unpaired) electrons. The Balaban J connectivity index is 1.71. The number of ether oxygens (including phenoxy) is 3. The molecule has 0 spiro atoms. The maximum absolute atomic E-state index is 13.7. The number of carbonyl (C=O) groups is 3. The van der Waals surface area contributed by atoms with Gasteiger partial charge in [0.05, 0.1) is 48.4 Å². The predicted molar refractivity (Wildman–Crippen MR) is 146 cm³/mol. The van der Waals surface area contributed by atoms with E-state index >= 15 is 0 Å². The van der Waals surface area contributed by atoms with E-state index in [-0.39, 0.29) is 56.0 Å². The smallest absolute Gasteiger partial charge is 0.247 e. The number of halogens is 1. The minimum absolute atomic E-state index is 0.0465. The van der Waals surface area contributed by atoms with Crippen LogP contribution in [-0.2, 0) is 20.9 Å². The van der Waals surface area contributed by atoms with Crippen LogP contribution in [0.25, 0.3) is 0 Å². The third-order valence-electron chi connectivity index (χ3n) is 6.75. The summed E-state index contributed by atoms with van der Waals surface area (Å²) in [7, 11) is 1.44. The summed E-state index contributed by atoms with van der Waals surface area (Å²) in [5, 5.41) is 23.5. The van der Waals surface area contributed by atoms with Crippen LogP contribution < -0.4 is 14.8 Å². The molecular formula is C27H31IN2O9.